The largest absolute Gasteiger partial charge is 0.418 e. The second-order valence-corrected chi connectivity index (χ2v) is 5.27. The molecule has 0 heterocycles. The van der Waals surface area contributed by atoms with Crippen molar-refractivity contribution in [1.29, 1.82) is 0 Å². The Labute approximate surface area is 121 Å². The molecule has 1 aromatic carbocycles. The van der Waals surface area contributed by atoms with Gasteiger partial charge in [-0.15, -0.1) is 0 Å². The maximum Gasteiger partial charge on any atom is 0.418 e. The van der Waals surface area contributed by atoms with Crippen molar-refractivity contribution in [3.63, 3.8) is 0 Å². The third-order valence-corrected chi connectivity index (χ3v) is 3.62. The maximum atomic E-state index is 12.8. The highest BCUT2D eigenvalue weighted by molar-refractivity contribution is 5.76. The van der Waals surface area contributed by atoms with E-state index in [1.165, 1.54) is 18.2 Å². The molecule has 1 amide bonds. The van der Waals surface area contributed by atoms with Gasteiger partial charge in [0.15, 0.2) is 0 Å². The van der Waals surface area contributed by atoms with Gasteiger partial charge in [0.1, 0.15) is 0 Å². The Morgan fingerprint density at radius 1 is 1.19 bits per heavy atom. The number of benzene rings is 1. The van der Waals surface area contributed by atoms with E-state index in [1.807, 2.05) is 0 Å². The predicted molar refractivity (Wildman–Crippen MR) is 74.9 cm³/mol. The van der Waals surface area contributed by atoms with Gasteiger partial charge in [-0.1, -0.05) is 25.0 Å². The van der Waals surface area contributed by atoms with Crippen LogP contribution in [0.15, 0.2) is 24.3 Å². The zero-order valence-electron chi connectivity index (χ0n) is 11.7. The summed E-state index contributed by atoms with van der Waals surface area (Å²) in [6, 6.07) is 5.52. The number of hydrogen-bond donors (Lipinski definition) is 2. The number of hydrogen-bond acceptors (Lipinski definition) is 2. The molecule has 0 radical (unpaired) electrons. The highest BCUT2D eigenvalue weighted by Crippen LogP contribution is 2.34. The molecule has 21 heavy (non-hydrogen) atoms. The minimum absolute atomic E-state index is 0.0127. The highest BCUT2D eigenvalue weighted by atomic mass is 19.4. The van der Waals surface area contributed by atoms with Gasteiger partial charge in [0, 0.05) is 24.7 Å². The van der Waals surface area contributed by atoms with Crippen LogP contribution < -0.4 is 10.6 Å². The van der Waals surface area contributed by atoms with E-state index in [4.69, 9.17) is 0 Å². The van der Waals surface area contributed by atoms with Crippen molar-refractivity contribution in [3.8, 4) is 0 Å². The fourth-order valence-corrected chi connectivity index (χ4v) is 2.57. The Balaban J connectivity index is 1.82. The van der Waals surface area contributed by atoms with E-state index in [2.05, 4.69) is 10.6 Å². The summed E-state index contributed by atoms with van der Waals surface area (Å²) in [4.78, 5) is 11.7. The molecule has 6 heteroatoms. The van der Waals surface area contributed by atoms with Crippen LogP contribution in [0.5, 0.6) is 0 Å². The Morgan fingerprint density at radius 2 is 1.86 bits per heavy atom. The van der Waals surface area contributed by atoms with E-state index >= 15 is 0 Å². The number of rotatable bonds is 5. The third kappa shape index (κ3) is 4.65. The number of carbonyl (C=O) groups excluding carboxylic acids is 1. The normalized spacial score (nSPS) is 16.0. The molecule has 2 rings (SSSR count). The average Bonchev–Trinajstić information content (AvgIpc) is 2.91. The summed E-state index contributed by atoms with van der Waals surface area (Å²) in [7, 11) is 0. The lowest BCUT2D eigenvalue weighted by Gasteiger charge is -2.15. The van der Waals surface area contributed by atoms with Crippen molar-refractivity contribution in [3.05, 3.63) is 29.8 Å². The summed E-state index contributed by atoms with van der Waals surface area (Å²) in [6.07, 6.45) is 0.0227. The lowest BCUT2D eigenvalue weighted by Crippen LogP contribution is -2.33. The van der Waals surface area contributed by atoms with E-state index in [0.717, 1.165) is 31.7 Å². The Kier molecular flexibility index (Phi) is 5.09. The van der Waals surface area contributed by atoms with Crippen molar-refractivity contribution in [2.45, 2.75) is 44.3 Å². The van der Waals surface area contributed by atoms with E-state index in [9.17, 15) is 18.0 Å². The van der Waals surface area contributed by atoms with Crippen LogP contribution in [0.3, 0.4) is 0 Å². The molecule has 3 nitrogen and oxygen atoms in total. The average molecular weight is 300 g/mol. The van der Waals surface area contributed by atoms with Crippen LogP contribution in [-0.4, -0.2) is 18.5 Å². The number of alkyl halides is 3. The summed E-state index contributed by atoms with van der Waals surface area (Å²) in [5.41, 5.74) is -0.695. The fraction of sp³-hybridized carbons (Fsp3) is 0.533. The van der Waals surface area contributed by atoms with Gasteiger partial charge in [0.25, 0.3) is 0 Å². The van der Waals surface area contributed by atoms with Gasteiger partial charge < -0.3 is 10.6 Å². The molecule has 0 saturated heterocycles. The molecular formula is C15H19F3N2O. The van der Waals surface area contributed by atoms with Crippen molar-refractivity contribution < 1.29 is 18.0 Å². The summed E-state index contributed by atoms with van der Waals surface area (Å²) in [6.45, 7) is 0.186. The van der Waals surface area contributed by atoms with Gasteiger partial charge >= 0.3 is 6.18 Å². The minimum Gasteiger partial charge on any atom is -0.384 e. The number of para-hydroxylation sites is 1. The minimum atomic E-state index is -4.39. The van der Waals surface area contributed by atoms with E-state index in [0.29, 0.717) is 0 Å². The van der Waals surface area contributed by atoms with Crippen LogP contribution in [0.4, 0.5) is 18.9 Å². The Hall–Kier alpha value is -1.72. The zero-order valence-corrected chi connectivity index (χ0v) is 11.7. The van der Waals surface area contributed by atoms with Crippen LogP contribution >= 0.6 is 0 Å². The van der Waals surface area contributed by atoms with Gasteiger partial charge in [-0.25, -0.2) is 0 Å². The zero-order chi connectivity index (χ0) is 15.3. The van der Waals surface area contributed by atoms with Gasteiger partial charge in [0.2, 0.25) is 5.91 Å². The van der Waals surface area contributed by atoms with Crippen molar-refractivity contribution in [2.24, 2.45) is 0 Å². The van der Waals surface area contributed by atoms with Gasteiger partial charge in [-0.05, 0) is 25.0 Å². The summed E-state index contributed by atoms with van der Waals surface area (Å²) in [5, 5.41) is 5.60. The number of carbonyl (C=O) groups is 1. The predicted octanol–water partition coefficient (Wildman–Crippen LogP) is 3.57. The molecule has 0 unspecified atom stereocenters. The van der Waals surface area contributed by atoms with E-state index < -0.39 is 11.7 Å². The smallest absolute Gasteiger partial charge is 0.384 e. The van der Waals surface area contributed by atoms with Crippen LogP contribution in [0, 0.1) is 0 Å². The lowest BCUT2D eigenvalue weighted by molar-refractivity contribution is -0.137. The Morgan fingerprint density at radius 3 is 2.52 bits per heavy atom. The SMILES string of the molecule is O=C(CCNc1ccccc1C(F)(F)F)NC1CCCC1. The van der Waals surface area contributed by atoms with Crippen LogP contribution in [-0.2, 0) is 11.0 Å². The van der Waals surface area contributed by atoms with Crippen molar-refractivity contribution in [2.75, 3.05) is 11.9 Å². The molecule has 0 aromatic heterocycles. The highest BCUT2D eigenvalue weighted by Gasteiger charge is 2.33. The molecule has 0 atom stereocenters. The van der Waals surface area contributed by atoms with Crippen molar-refractivity contribution in [1.82, 2.24) is 5.32 Å². The first-order chi connectivity index (χ1) is 9.97. The van der Waals surface area contributed by atoms with Crippen molar-refractivity contribution >= 4 is 11.6 Å². The Bertz CT molecular complexity index is 482. The molecular weight excluding hydrogens is 281 g/mol. The third-order valence-electron chi connectivity index (χ3n) is 3.62. The quantitative estimate of drug-likeness (QED) is 0.873. The fourth-order valence-electron chi connectivity index (χ4n) is 2.57. The first-order valence-corrected chi connectivity index (χ1v) is 7.16. The molecule has 116 valence electrons. The number of halogens is 3. The molecule has 0 spiro atoms. The molecule has 0 aliphatic heterocycles. The van der Waals surface area contributed by atoms with Gasteiger partial charge in [-0.2, -0.15) is 13.2 Å². The van der Waals surface area contributed by atoms with Gasteiger partial charge in [0.05, 0.1) is 5.56 Å². The first kappa shape index (κ1) is 15.7. The topological polar surface area (TPSA) is 41.1 Å². The molecule has 1 aliphatic carbocycles. The number of nitrogens with one attached hydrogen (secondary N) is 2. The van der Waals surface area contributed by atoms with Crippen LogP contribution in [0.2, 0.25) is 0 Å². The molecule has 1 fully saturated rings. The summed E-state index contributed by atoms with van der Waals surface area (Å²) >= 11 is 0. The standard InChI is InChI=1S/C15H19F3N2O/c16-15(17,18)12-7-3-4-8-13(12)19-10-9-14(21)20-11-5-1-2-6-11/h3-4,7-8,11,19H,1-2,5-6,9-10H2,(H,20,21). The van der Waals surface area contributed by atoms with E-state index in [-0.39, 0.29) is 30.6 Å². The summed E-state index contributed by atoms with van der Waals surface area (Å²) < 4.78 is 38.4. The molecule has 1 saturated carbocycles. The summed E-state index contributed by atoms with van der Waals surface area (Å²) in [5.74, 6) is -0.112. The number of anilines is 1. The lowest BCUT2D eigenvalue weighted by atomic mass is 10.1. The second kappa shape index (κ2) is 6.83. The first-order valence-electron chi connectivity index (χ1n) is 7.16. The van der Waals surface area contributed by atoms with Crippen LogP contribution in [0.25, 0.3) is 0 Å². The maximum absolute atomic E-state index is 12.8. The molecule has 1 aliphatic rings. The molecule has 1 aromatic rings. The van der Waals surface area contributed by atoms with Gasteiger partial charge in [-0.3, -0.25) is 4.79 Å². The second-order valence-electron chi connectivity index (χ2n) is 5.27. The molecule has 2 N–H and O–H groups in total. The van der Waals surface area contributed by atoms with Crippen LogP contribution in [0.1, 0.15) is 37.7 Å². The number of amides is 1. The van der Waals surface area contributed by atoms with E-state index in [1.54, 1.807) is 0 Å². The monoisotopic (exact) mass is 300 g/mol. The molecule has 0 bridgehead atoms.